The summed E-state index contributed by atoms with van der Waals surface area (Å²) in [5, 5.41) is 0. The molecule has 13 heavy (non-hydrogen) atoms. The van der Waals surface area contributed by atoms with Gasteiger partial charge < -0.3 is 9.47 Å². The summed E-state index contributed by atoms with van der Waals surface area (Å²) in [5.41, 5.74) is 0.0227. The minimum atomic E-state index is -0.0854. The first-order chi connectivity index (χ1) is 6.14. The van der Waals surface area contributed by atoms with Gasteiger partial charge in [-0.05, 0) is 32.6 Å². The minimum Gasteiger partial charge on any atom is -0.356 e. The molecule has 2 rings (SSSR count). The van der Waals surface area contributed by atoms with Crippen molar-refractivity contribution in [1.29, 1.82) is 0 Å². The molecule has 4 atom stereocenters. The Morgan fingerprint density at radius 2 is 2.23 bits per heavy atom. The van der Waals surface area contributed by atoms with Crippen molar-refractivity contribution in [3.8, 4) is 0 Å². The van der Waals surface area contributed by atoms with Crippen LogP contribution in [-0.4, -0.2) is 19.0 Å². The Labute approximate surface area is 79.9 Å². The zero-order chi connectivity index (χ0) is 9.47. The predicted molar refractivity (Wildman–Crippen MR) is 51.3 cm³/mol. The minimum absolute atomic E-state index is 0.0227. The second-order valence-electron chi connectivity index (χ2n) is 4.43. The number of methoxy groups -OCH3 is 1. The summed E-state index contributed by atoms with van der Waals surface area (Å²) in [5.74, 6) is 1.36. The van der Waals surface area contributed by atoms with Crippen molar-refractivity contribution in [1.82, 2.24) is 0 Å². The van der Waals surface area contributed by atoms with Gasteiger partial charge >= 0.3 is 0 Å². The molecular weight excluding hydrogens is 164 g/mol. The van der Waals surface area contributed by atoms with Gasteiger partial charge in [-0.25, -0.2) is 0 Å². The SMILES string of the molecule is COC(C)OC1(C)CC2C=CC1C2. The molecule has 0 N–H and O–H groups in total. The molecule has 2 aliphatic rings. The van der Waals surface area contributed by atoms with Crippen LogP contribution in [0, 0.1) is 11.8 Å². The van der Waals surface area contributed by atoms with Gasteiger partial charge in [-0.15, -0.1) is 0 Å². The van der Waals surface area contributed by atoms with Gasteiger partial charge in [0.05, 0.1) is 5.60 Å². The second kappa shape index (κ2) is 3.10. The van der Waals surface area contributed by atoms with Gasteiger partial charge in [0, 0.05) is 13.0 Å². The second-order valence-corrected chi connectivity index (χ2v) is 4.43. The van der Waals surface area contributed by atoms with Crippen LogP contribution >= 0.6 is 0 Å². The molecule has 2 bridgehead atoms. The van der Waals surface area contributed by atoms with Crippen molar-refractivity contribution >= 4 is 0 Å². The van der Waals surface area contributed by atoms with Crippen LogP contribution < -0.4 is 0 Å². The molecule has 0 aromatic heterocycles. The van der Waals surface area contributed by atoms with Crippen LogP contribution in [0.1, 0.15) is 26.7 Å². The van der Waals surface area contributed by atoms with E-state index in [9.17, 15) is 0 Å². The smallest absolute Gasteiger partial charge is 0.155 e. The molecule has 1 saturated carbocycles. The fourth-order valence-electron chi connectivity index (χ4n) is 2.61. The fraction of sp³-hybridized carbons (Fsp3) is 0.818. The zero-order valence-electron chi connectivity index (χ0n) is 8.62. The number of hydrogen-bond donors (Lipinski definition) is 0. The standard InChI is InChI=1S/C11H18O2/c1-8(12-3)13-11(2)7-9-4-5-10(11)6-9/h4-5,8-10H,6-7H2,1-3H3. The third kappa shape index (κ3) is 1.53. The van der Waals surface area contributed by atoms with Gasteiger partial charge in [-0.2, -0.15) is 0 Å². The van der Waals surface area contributed by atoms with Crippen LogP contribution in [0.5, 0.6) is 0 Å². The average molecular weight is 182 g/mol. The van der Waals surface area contributed by atoms with E-state index in [2.05, 4.69) is 19.1 Å². The lowest BCUT2D eigenvalue weighted by atomic mass is 9.90. The van der Waals surface area contributed by atoms with Gasteiger partial charge in [-0.1, -0.05) is 12.2 Å². The third-order valence-electron chi connectivity index (χ3n) is 3.39. The molecule has 0 heterocycles. The normalized spacial score (nSPS) is 44.2. The van der Waals surface area contributed by atoms with Crippen molar-refractivity contribution < 1.29 is 9.47 Å². The lowest BCUT2D eigenvalue weighted by molar-refractivity contribution is -0.192. The van der Waals surface area contributed by atoms with E-state index in [1.807, 2.05) is 6.92 Å². The van der Waals surface area contributed by atoms with Crippen LogP contribution in [-0.2, 0) is 9.47 Å². The third-order valence-corrected chi connectivity index (χ3v) is 3.39. The Hall–Kier alpha value is -0.340. The summed E-state index contributed by atoms with van der Waals surface area (Å²) >= 11 is 0. The van der Waals surface area contributed by atoms with Crippen LogP contribution in [0.15, 0.2) is 12.2 Å². The first-order valence-corrected chi connectivity index (χ1v) is 5.03. The molecule has 4 unspecified atom stereocenters. The Morgan fingerprint density at radius 1 is 1.46 bits per heavy atom. The van der Waals surface area contributed by atoms with Crippen molar-refractivity contribution in [3.05, 3.63) is 12.2 Å². The first kappa shape index (κ1) is 9.22. The van der Waals surface area contributed by atoms with Crippen LogP contribution in [0.2, 0.25) is 0 Å². The molecule has 1 fully saturated rings. The highest BCUT2D eigenvalue weighted by atomic mass is 16.7. The van der Waals surface area contributed by atoms with Gasteiger partial charge in [0.2, 0.25) is 0 Å². The Bertz CT molecular complexity index is 224. The summed E-state index contributed by atoms with van der Waals surface area (Å²) in [6, 6.07) is 0. The van der Waals surface area contributed by atoms with Gasteiger partial charge in [0.15, 0.2) is 6.29 Å². The van der Waals surface area contributed by atoms with Crippen molar-refractivity contribution in [2.75, 3.05) is 7.11 Å². The van der Waals surface area contributed by atoms with Crippen molar-refractivity contribution in [2.24, 2.45) is 11.8 Å². The number of fused-ring (bicyclic) bond motifs is 2. The average Bonchev–Trinajstić information content (AvgIpc) is 2.62. The van der Waals surface area contributed by atoms with Crippen LogP contribution in [0.4, 0.5) is 0 Å². The predicted octanol–water partition coefficient (Wildman–Crippen LogP) is 2.35. The quantitative estimate of drug-likeness (QED) is 0.492. The van der Waals surface area contributed by atoms with Crippen molar-refractivity contribution in [3.63, 3.8) is 0 Å². The van der Waals surface area contributed by atoms with Gasteiger partial charge in [0.1, 0.15) is 0 Å². The Kier molecular flexibility index (Phi) is 2.20. The molecule has 0 aromatic carbocycles. The maximum atomic E-state index is 5.91. The van der Waals surface area contributed by atoms with Crippen LogP contribution in [0.3, 0.4) is 0 Å². The topological polar surface area (TPSA) is 18.5 Å². The molecule has 2 nitrogen and oxygen atoms in total. The van der Waals surface area contributed by atoms with E-state index < -0.39 is 0 Å². The molecule has 0 aliphatic heterocycles. The number of rotatable bonds is 3. The first-order valence-electron chi connectivity index (χ1n) is 5.03. The molecular formula is C11H18O2. The number of ether oxygens (including phenoxy) is 2. The maximum absolute atomic E-state index is 5.91. The fourth-order valence-corrected chi connectivity index (χ4v) is 2.61. The van der Waals surface area contributed by atoms with E-state index in [1.165, 1.54) is 6.42 Å². The van der Waals surface area contributed by atoms with Gasteiger partial charge in [0.25, 0.3) is 0 Å². The van der Waals surface area contributed by atoms with Crippen molar-refractivity contribution in [2.45, 2.75) is 38.6 Å². The molecule has 0 aromatic rings. The summed E-state index contributed by atoms with van der Waals surface area (Å²) < 4.78 is 11.0. The number of hydrogen-bond acceptors (Lipinski definition) is 2. The lowest BCUT2D eigenvalue weighted by Crippen LogP contribution is -2.37. The molecule has 0 amide bonds. The van der Waals surface area contributed by atoms with E-state index in [1.54, 1.807) is 7.11 Å². The zero-order valence-corrected chi connectivity index (χ0v) is 8.62. The van der Waals surface area contributed by atoms with E-state index in [0.717, 1.165) is 12.3 Å². The van der Waals surface area contributed by atoms with E-state index >= 15 is 0 Å². The summed E-state index contributed by atoms with van der Waals surface area (Å²) in [4.78, 5) is 0. The summed E-state index contributed by atoms with van der Waals surface area (Å²) in [6.07, 6.45) is 6.97. The Morgan fingerprint density at radius 3 is 2.69 bits per heavy atom. The monoisotopic (exact) mass is 182 g/mol. The molecule has 2 aliphatic carbocycles. The number of allylic oxidation sites excluding steroid dienone is 1. The van der Waals surface area contributed by atoms with E-state index in [0.29, 0.717) is 5.92 Å². The molecule has 0 spiro atoms. The molecule has 2 heteroatoms. The summed E-state index contributed by atoms with van der Waals surface area (Å²) in [6.45, 7) is 4.16. The Balaban J connectivity index is 2.02. The highest BCUT2D eigenvalue weighted by Gasteiger charge is 2.46. The molecule has 0 radical (unpaired) electrons. The highest BCUT2D eigenvalue weighted by Crippen LogP contribution is 2.48. The molecule has 0 saturated heterocycles. The van der Waals surface area contributed by atoms with E-state index in [4.69, 9.17) is 9.47 Å². The summed E-state index contributed by atoms with van der Waals surface area (Å²) in [7, 11) is 1.69. The molecule has 74 valence electrons. The maximum Gasteiger partial charge on any atom is 0.155 e. The van der Waals surface area contributed by atoms with E-state index in [-0.39, 0.29) is 11.9 Å². The lowest BCUT2D eigenvalue weighted by Gasteiger charge is -2.33. The van der Waals surface area contributed by atoms with Gasteiger partial charge in [-0.3, -0.25) is 0 Å². The van der Waals surface area contributed by atoms with Crippen LogP contribution in [0.25, 0.3) is 0 Å². The highest BCUT2D eigenvalue weighted by molar-refractivity contribution is 5.16. The largest absolute Gasteiger partial charge is 0.356 e.